The van der Waals surface area contributed by atoms with Crippen molar-refractivity contribution in [3.63, 3.8) is 0 Å². The van der Waals surface area contributed by atoms with Gasteiger partial charge in [0.1, 0.15) is 5.54 Å². The summed E-state index contributed by atoms with van der Waals surface area (Å²) in [5.41, 5.74) is -0.833. The Labute approximate surface area is 161 Å². The van der Waals surface area contributed by atoms with E-state index in [9.17, 15) is 22.8 Å². The number of alkyl halides is 3. The third-order valence-corrected chi connectivity index (χ3v) is 6.08. The van der Waals surface area contributed by atoms with Crippen molar-refractivity contribution in [1.29, 1.82) is 0 Å². The van der Waals surface area contributed by atoms with E-state index in [0.717, 1.165) is 38.1 Å². The quantitative estimate of drug-likeness (QED) is 0.793. The zero-order valence-electron chi connectivity index (χ0n) is 15.6. The molecule has 0 aromatic heterocycles. The number of imide groups is 1. The van der Waals surface area contributed by atoms with Gasteiger partial charge in [-0.3, -0.25) is 9.69 Å². The number of carbonyl (C=O) groups excluding carboxylic acids is 2. The van der Waals surface area contributed by atoms with Gasteiger partial charge in [0, 0.05) is 13.1 Å². The second kappa shape index (κ2) is 6.73. The summed E-state index contributed by atoms with van der Waals surface area (Å²) in [5.74, 6) is -0.0228. The van der Waals surface area contributed by atoms with Crippen LogP contribution in [0.3, 0.4) is 0 Å². The maximum atomic E-state index is 13.1. The molecule has 28 heavy (non-hydrogen) atoms. The van der Waals surface area contributed by atoms with Crippen LogP contribution in [0.4, 0.5) is 18.0 Å². The van der Waals surface area contributed by atoms with Gasteiger partial charge in [-0.2, -0.15) is 13.2 Å². The third kappa shape index (κ3) is 3.26. The molecule has 0 unspecified atom stereocenters. The normalized spacial score (nSPS) is 29.8. The standard InChI is InChI=1S/C19H23F3N4O2/c1-24(10-13-2-4-15(5-3-13)19(20,21)22)12-26-16(27)18(23-17(26)28)11-25-8-6-14(18)7-9-25/h2-5,14H,6-12H2,1H3,(H,23,28)/t18-/m1/s1. The maximum Gasteiger partial charge on any atom is 0.416 e. The number of nitrogens with zero attached hydrogens (tertiary/aromatic N) is 3. The fourth-order valence-corrected chi connectivity index (χ4v) is 4.63. The molecule has 1 spiro atoms. The average molecular weight is 396 g/mol. The Hall–Kier alpha value is -2.13. The first-order valence-electron chi connectivity index (χ1n) is 9.40. The molecule has 1 aromatic carbocycles. The van der Waals surface area contributed by atoms with Crippen molar-refractivity contribution < 1.29 is 22.8 Å². The van der Waals surface area contributed by atoms with Crippen molar-refractivity contribution in [2.24, 2.45) is 5.92 Å². The van der Waals surface area contributed by atoms with Crippen molar-refractivity contribution in [3.05, 3.63) is 35.4 Å². The van der Waals surface area contributed by atoms with Gasteiger partial charge in [-0.1, -0.05) is 12.1 Å². The number of hydrogen-bond acceptors (Lipinski definition) is 4. The minimum atomic E-state index is -4.37. The van der Waals surface area contributed by atoms with Crippen molar-refractivity contribution in [2.45, 2.75) is 31.1 Å². The highest BCUT2D eigenvalue weighted by atomic mass is 19.4. The number of amides is 3. The first kappa shape index (κ1) is 19.2. The maximum absolute atomic E-state index is 13.1. The number of piperidine rings is 3. The Morgan fingerprint density at radius 1 is 1.18 bits per heavy atom. The summed E-state index contributed by atoms with van der Waals surface area (Å²) in [6.07, 6.45) is -2.56. The fraction of sp³-hybridized carbons (Fsp3) is 0.579. The molecule has 5 rings (SSSR count). The van der Waals surface area contributed by atoms with Crippen molar-refractivity contribution in [2.75, 3.05) is 33.4 Å². The van der Waals surface area contributed by atoms with Gasteiger partial charge in [0.05, 0.1) is 12.2 Å². The molecule has 9 heteroatoms. The first-order chi connectivity index (χ1) is 13.2. The van der Waals surface area contributed by atoms with E-state index in [1.54, 1.807) is 11.9 Å². The van der Waals surface area contributed by atoms with E-state index >= 15 is 0 Å². The van der Waals surface area contributed by atoms with Crippen LogP contribution in [0.15, 0.2) is 24.3 Å². The topological polar surface area (TPSA) is 55.9 Å². The molecule has 152 valence electrons. The van der Waals surface area contributed by atoms with Crippen molar-refractivity contribution >= 4 is 11.9 Å². The second-order valence-electron chi connectivity index (χ2n) is 8.04. The molecule has 0 aliphatic carbocycles. The molecule has 3 amide bonds. The predicted octanol–water partition coefficient (Wildman–Crippen LogP) is 2.11. The van der Waals surface area contributed by atoms with E-state index in [2.05, 4.69) is 10.2 Å². The molecule has 1 atom stereocenters. The van der Waals surface area contributed by atoms with Crippen molar-refractivity contribution in [1.82, 2.24) is 20.0 Å². The van der Waals surface area contributed by atoms with E-state index in [1.165, 1.54) is 17.0 Å². The summed E-state index contributed by atoms with van der Waals surface area (Å²) in [4.78, 5) is 30.8. The molecule has 4 saturated heterocycles. The fourth-order valence-electron chi connectivity index (χ4n) is 4.63. The van der Waals surface area contributed by atoms with Crippen LogP contribution in [0.1, 0.15) is 24.0 Å². The van der Waals surface area contributed by atoms with E-state index in [4.69, 9.17) is 0 Å². The molecule has 2 bridgehead atoms. The number of fused-ring (bicyclic) bond motifs is 2. The Morgan fingerprint density at radius 3 is 2.36 bits per heavy atom. The summed E-state index contributed by atoms with van der Waals surface area (Å²) in [6, 6.07) is 4.52. The van der Waals surface area contributed by atoms with Crippen LogP contribution in [0.5, 0.6) is 0 Å². The lowest BCUT2D eigenvalue weighted by atomic mass is 9.73. The Bertz CT molecular complexity index is 774. The first-order valence-corrected chi connectivity index (χ1v) is 9.40. The van der Waals surface area contributed by atoms with E-state index in [1.807, 2.05) is 0 Å². The minimum absolute atomic E-state index is 0.0974. The summed E-state index contributed by atoms with van der Waals surface area (Å²) in [6.45, 7) is 2.91. The smallest absolute Gasteiger partial charge is 0.322 e. The zero-order valence-corrected chi connectivity index (χ0v) is 15.6. The Balaban J connectivity index is 1.41. The highest BCUT2D eigenvalue weighted by molar-refractivity contribution is 6.07. The SMILES string of the molecule is CN(Cc1ccc(C(F)(F)F)cc1)CN1C(=O)N[C@@]2(CN3CCC2CC3)C1=O. The number of hydrogen-bond donors (Lipinski definition) is 1. The number of nitrogens with one attached hydrogen (secondary N) is 1. The van der Waals surface area contributed by atoms with Crippen LogP contribution >= 0.6 is 0 Å². The Morgan fingerprint density at radius 2 is 1.82 bits per heavy atom. The number of benzene rings is 1. The minimum Gasteiger partial charge on any atom is -0.322 e. The van der Waals surface area contributed by atoms with Crippen LogP contribution in [0.2, 0.25) is 0 Å². The van der Waals surface area contributed by atoms with Gasteiger partial charge in [-0.05, 0) is 56.6 Å². The molecule has 4 heterocycles. The van der Waals surface area contributed by atoms with E-state index in [-0.39, 0.29) is 18.5 Å². The number of rotatable bonds is 4. The van der Waals surface area contributed by atoms with Gasteiger partial charge in [-0.25, -0.2) is 9.69 Å². The van der Waals surface area contributed by atoms with Gasteiger partial charge in [0.15, 0.2) is 0 Å². The summed E-state index contributed by atoms with van der Waals surface area (Å²) < 4.78 is 38.0. The lowest BCUT2D eigenvalue weighted by molar-refractivity contribution is -0.140. The number of carbonyl (C=O) groups is 2. The van der Waals surface area contributed by atoms with Crippen LogP contribution in [0, 0.1) is 5.92 Å². The number of urea groups is 1. The van der Waals surface area contributed by atoms with E-state index in [0.29, 0.717) is 18.7 Å². The molecule has 1 aromatic rings. The molecular weight excluding hydrogens is 373 g/mol. The van der Waals surface area contributed by atoms with Crippen molar-refractivity contribution in [3.8, 4) is 0 Å². The zero-order chi connectivity index (χ0) is 20.1. The lowest BCUT2D eigenvalue weighted by Gasteiger charge is -2.49. The van der Waals surface area contributed by atoms with Crippen LogP contribution < -0.4 is 5.32 Å². The molecular formula is C19H23F3N4O2. The summed E-state index contributed by atoms with van der Waals surface area (Å²) >= 11 is 0. The molecule has 4 aliphatic heterocycles. The van der Waals surface area contributed by atoms with Crippen LogP contribution in [-0.2, 0) is 17.5 Å². The summed E-state index contributed by atoms with van der Waals surface area (Å²) in [5, 5.41) is 2.94. The monoisotopic (exact) mass is 396 g/mol. The predicted molar refractivity (Wildman–Crippen MR) is 95.1 cm³/mol. The Kier molecular flexibility index (Phi) is 4.62. The third-order valence-electron chi connectivity index (χ3n) is 6.08. The van der Waals surface area contributed by atoms with Gasteiger partial charge >= 0.3 is 12.2 Å². The van der Waals surface area contributed by atoms with E-state index < -0.39 is 23.3 Å². The average Bonchev–Trinajstić information content (AvgIpc) is 2.86. The summed E-state index contributed by atoms with van der Waals surface area (Å²) in [7, 11) is 1.74. The second-order valence-corrected chi connectivity index (χ2v) is 8.04. The highest BCUT2D eigenvalue weighted by Crippen LogP contribution is 2.39. The van der Waals surface area contributed by atoms with Gasteiger partial charge in [0.25, 0.3) is 5.91 Å². The lowest BCUT2D eigenvalue weighted by Crippen LogP contribution is -2.67. The highest BCUT2D eigenvalue weighted by Gasteiger charge is 2.59. The molecule has 4 aliphatic rings. The molecule has 1 N–H and O–H groups in total. The van der Waals surface area contributed by atoms with Gasteiger partial charge in [-0.15, -0.1) is 0 Å². The van der Waals surface area contributed by atoms with Gasteiger partial charge in [0.2, 0.25) is 0 Å². The largest absolute Gasteiger partial charge is 0.416 e. The van der Waals surface area contributed by atoms with Crippen LogP contribution in [-0.4, -0.2) is 65.5 Å². The molecule has 0 saturated carbocycles. The molecule has 0 radical (unpaired) electrons. The molecule has 6 nitrogen and oxygen atoms in total. The molecule has 4 fully saturated rings. The number of halogens is 3. The van der Waals surface area contributed by atoms with Gasteiger partial charge < -0.3 is 10.2 Å². The van der Waals surface area contributed by atoms with Crippen LogP contribution in [0.25, 0.3) is 0 Å².